The van der Waals surface area contributed by atoms with Gasteiger partial charge in [-0.25, -0.2) is 4.79 Å². The Morgan fingerprint density at radius 2 is 2.05 bits per heavy atom. The molecule has 0 aliphatic carbocycles. The van der Waals surface area contributed by atoms with Crippen LogP contribution in [0.4, 0.5) is 4.79 Å². The van der Waals surface area contributed by atoms with Crippen LogP contribution in [0.5, 0.6) is 0 Å². The fourth-order valence-corrected chi connectivity index (χ4v) is 2.01. The topological polar surface area (TPSA) is 76.7 Å². The van der Waals surface area contributed by atoms with Crippen LogP contribution in [-0.4, -0.2) is 43.4 Å². The van der Waals surface area contributed by atoms with Gasteiger partial charge < -0.3 is 20.1 Å². The number of carbonyl (C=O) groups excluding carboxylic acids is 2. The van der Waals surface area contributed by atoms with Crippen LogP contribution in [0.1, 0.15) is 34.1 Å². The highest BCUT2D eigenvalue weighted by Crippen LogP contribution is 2.16. The van der Waals surface area contributed by atoms with Crippen LogP contribution < -0.4 is 10.6 Å². The lowest BCUT2D eigenvalue weighted by atomic mass is 10.0. The number of carbonyl (C=O) groups is 2. The SMILES string of the molecule is CCOC(=O)[C@@H]1NCC[C@H]1CNC(=O)OC(C)(C)C. The molecule has 1 heterocycles. The van der Waals surface area contributed by atoms with Gasteiger partial charge >= 0.3 is 12.1 Å². The summed E-state index contributed by atoms with van der Waals surface area (Å²) in [5.74, 6) is -0.206. The van der Waals surface area contributed by atoms with Crippen LogP contribution in [0, 0.1) is 5.92 Å². The zero-order chi connectivity index (χ0) is 14.5. The first-order chi connectivity index (χ1) is 8.83. The minimum Gasteiger partial charge on any atom is -0.465 e. The second-order valence-corrected chi connectivity index (χ2v) is 5.62. The number of rotatable bonds is 4. The minimum absolute atomic E-state index is 0.0477. The molecule has 1 amide bonds. The van der Waals surface area contributed by atoms with Crippen LogP contribution in [0.25, 0.3) is 0 Å². The Morgan fingerprint density at radius 3 is 2.63 bits per heavy atom. The molecule has 0 aromatic carbocycles. The predicted molar refractivity (Wildman–Crippen MR) is 70.8 cm³/mol. The number of nitrogens with one attached hydrogen (secondary N) is 2. The fraction of sp³-hybridized carbons (Fsp3) is 0.846. The molecule has 0 bridgehead atoms. The Kier molecular flexibility index (Phi) is 5.60. The van der Waals surface area contributed by atoms with E-state index in [1.165, 1.54) is 0 Å². The molecule has 1 aliphatic rings. The smallest absolute Gasteiger partial charge is 0.407 e. The summed E-state index contributed by atoms with van der Waals surface area (Å²) >= 11 is 0. The molecule has 2 atom stereocenters. The van der Waals surface area contributed by atoms with Gasteiger partial charge in [-0.3, -0.25) is 4.79 Å². The first kappa shape index (κ1) is 15.8. The van der Waals surface area contributed by atoms with E-state index < -0.39 is 11.7 Å². The highest BCUT2D eigenvalue weighted by atomic mass is 16.6. The molecule has 1 aliphatic heterocycles. The molecular formula is C13H24N2O4. The van der Waals surface area contributed by atoms with Gasteiger partial charge in [0.25, 0.3) is 0 Å². The summed E-state index contributed by atoms with van der Waals surface area (Å²) in [5, 5.41) is 5.80. The average molecular weight is 272 g/mol. The van der Waals surface area contributed by atoms with Crippen LogP contribution >= 0.6 is 0 Å². The third-order valence-electron chi connectivity index (χ3n) is 2.80. The maximum atomic E-state index is 11.7. The van der Waals surface area contributed by atoms with Crippen molar-refractivity contribution in [3.8, 4) is 0 Å². The van der Waals surface area contributed by atoms with Crippen molar-refractivity contribution in [2.75, 3.05) is 19.7 Å². The number of alkyl carbamates (subject to hydrolysis) is 1. The Labute approximate surface area is 114 Å². The number of hydrogen-bond acceptors (Lipinski definition) is 5. The predicted octanol–water partition coefficient (Wildman–Crippen LogP) is 1.05. The molecule has 0 aromatic heterocycles. The lowest BCUT2D eigenvalue weighted by Gasteiger charge is -2.22. The highest BCUT2D eigenvalue weighted by Gasteiger charge is 2.34. The summed E-state index contributed by atoms with van der Waals surface area (Å²) in [6, 6.07) is -0.338. The molecule has 6 nitrogen and oxygen atoms in total. The van der Waals surface area contributed by atoms with Crippen molar-refractivity contribution >= 4 is 12.1 Å². The molecular weight excluding hydrogens is 248 g/mol. The van der Waals surface area contributed by atoms with E-state index in [2.05, 4.69) is 10.6 Å². The van der Waals surface area contributed by atoms with Crippen LogP contribution in [-0.2, 0) is 14.3 Å². The van der Waals surface area contributed by atoms with Crippen molar-refractivity contribution in [1.29, 1.82) is 0 Å². The van der Waals surface area contributed by atoms with Crippen LogP contribution in [0.3, 0.4) is 0 Å². The summed E-state index contributed by atoms with van der Waals surface area (Å²) < 4.78 is 10.2. The number of ether oxygens (including phenoxy) is 2. The quantitative estimate of drug-likeness (QED) is 0.748. The summed E-state index contributed by atoms with van der Waals surface area (Å²) in [4.78, 5) is 23.2. The molecule has 110 valence electrons. The van der Waals surface area contributed by atoms with Crippen molar-refractivity contribution in [1.82, 2.24) is 10.6 Å². The molecule has 0 saturated carbocycles. The first-order valence-electron chi connectivity index (χ1n) is 6.70. The van der Waals surface area contributed by atoms with Gasteiger partial charge in [0.15, 0.2) is 0 Å². The number of amides is 1. The average Bonchev–Trinajstić information content (AvgIpc) is 2.72. The summed E-state index contributed by atoms with van der Waals surface area (Å²) in [6.07, 6.45) is 0.376. The third kappa shape index (κ3) is 5.46. The van der Waals surface area contributed by atoms with Gasteiger partial charge in [0.1, 0.15) is 11.6 Å². The summed E-state index contributed by atoms with van der Waals surface area (Å²) in [6.45, 7) is 8.74. The van der Waals surface area contributed by atoms with E-state index in [0.29, 0.717) is 13.2 Å². The van der Waals surface area contributed by atoms with E-state index in [-0.39, 0.29) is 17.9 Å². The van der Waals surface area contributed by atoms with Gasteiger partial charge in [0, 0.05) is 12.5 Å². The Bertz CT molecular complexity index is 325. The molecule has 1 saturated heterocycles. The molecule has 2 N–H and O–H groups in total. The van der Waals surface area contributed by atoms with Gasteiger partial charge in [-0.05, 0) is 40.7 Å². The van der Waals surface area contributed by atoms with Gasteiger partial charge in [0.2, 0.25) is 0 Å². The monoisotopic (exact) mass is 272 g/mol. The maximum absolute atomic E-state index is 11.7. The van der Waals surface area contributed by atoms with E-state index in [0.717, 1.165) is 13.0 Å². The van der Waals surface area contributed by atoms with Gasteiger partial charge in [-0.15, -0.1) is 0 Å². The largest absolute Gasteiger partial charge is 0.465 e. The third-order valence-corrected chi connectivity index (χ3v) is 2.80. The van der Waals surface area contributed by atoms with E-state index in [1.54, 1.807) is 6.92 Å². The standard InChI is InChI=1S/C13H24N2O4/c1-5-18-11(16)10-9(6-7-14-10)8-15-12(17)19-13(2,3)4/h9-10,14H,5-8H2,1-4H3,(H,15,17)/t9-,10+/m0/s1. The molecule has 19 heavy (non-hydrogen) atoms. The Hall–Kier alpha value is -1.30. The van der Waals surface area contributed by atoms with Crippen molar-refractivity contribution in [2.24, 2.45) is 5.92 Å². The van der Waals surface area contributed by atoms with Crippen molar-refractivity contribution in [2.45, 2.75) is 45.8 Å². The van der Waals surface area contributed by atoms with Crippen molar-refractivity contribution in [3.63, 3.8) is 0 Å². The second-order valence-electron chi connectivity index (χ2n) is 5.62. The molecule has 0 aromatic rings. The molecule has 1 rings (SSSR count). The highest BCUT2D eigenvalue weighted by molar-refractivity contribution is 5.76. The molecule has 6 heteroatoms. The normalized spacial score (nSPS) is 22.9. The van der Waals surface area contributed by atoms with Crippen molar-refractivity contribution < 1.29 is 19.1 Å². The van der Waals surface area contributed by atoms with Crippen molar-refractivity contribution in [3.05, 3.63) is 0 Å². The van der Waals surface area contributed by atoms with E-state index >= 15 is 0 Å². The van der Waals surface area contributed by atoms with E-state index in [9.17, 15) is 9.59 Å². The van der Waals surface area contributed by atoms with E-state index in [4.69, 9.17) is 9.47 Å². The van der Waals surface area contributed by atoms with Crippen LogP contribution in [0.15, 0.2) is 0 Å². The zero-order valence-corrected chi connectivity index (χ0v) is 12.1. The lowest BCUT2D eigenvalue weighted by molar-refractivity contribution is -0.146. The minimum atomic E-state index is -0.515. The molecule has 1 fully saturated rings. The van der Waals surface area contributed by atoms with Gasteiger partial charge in [-0.2, -0.15) is 0 Å². The number of esters is 1. The van der Waals surface area contributed by atoms with Crippen LogP contribution in [0.2, 0.25) is 0 Å². The molecule has 0 radical (unpaired) electrons. The first-order valence-corrected chi connectivity index (χ1v) is 6.70. The summed E-state index contributed by atoms with van der Waals surface area (Å²) in [5.41, 5.74) is -0.515. The Balaban J connectivity index is 2.39. The van der Waals surface area contributed by atoms with Gasteiger partial charge in [-0.1, -0.05) is 0 Å². The fourth-order valence-electron chi connectivity index (χ4n) is 2.01. The second kappa shape index (κ2) is 6.75. The Morgan fingerprint density at radius 1 is 1.37 bits per heavy atom. The van der Waals surface area contributed by atoms with E-state index in [1.807, 2.05) is 20.8 Å². The number of hydrogen-bond donors (Lipinski definition) is 2. The summed E-state index contributed by atoms with van der Waals surface area (Å²) in [7, 11) is 0. The zero-order valence-electron chi connectivity index (χ0n) is 12.1. The lowest BCUT2D eigenvalue weighted by Crippen LogP contribution is -2.43. The maximum Gasteiger partial charge on any atom is 0.407 e. The van der Waals surface area contributed by atoms with Gasteiger partial charge in [0.05, 0.1) is 6.61 Å². The molecule has 0 spiro atoms. The molecule has 0 unspecified atom stereocenters.